The number of hydrogen-bond donors (Lipinski definition) is 0. The fraction of sp³-hybridized carbons (Fsp3) is 0.800. The molecule has 2 rings (SSSR count). The Morgan fingerprint density at radius 1 is 0.810 bits per heavy atom. The van der Waals surface area contributed by atoms with Gasteiger partial charge >= 0.3 is 0 Å². The highest BCUT2D eigenvalue weighted by molar-refractivity contribution is 4.94. The Morgan fingerprint density at radius 3 is 1.81 bits per heavy atom. The summed E-state index contributed by atoms with van der Waals surface area (Å²) in [6.07, 6.45) is 20.9. The SMILES string of the molecule is CC=CC1CCC(C2CCC(C=CCOCC)CC2)CC1. The number of allylic oxidation sites excluding steroid dienone is 3. The third kappa shape index (κ3) is 5.62. The van der Waals surface area contributed by atoms with Gasteiger partial charge in [0.1, 0.15) is 0 Å². The van der Waals surface area contributed by atoms with Gasteiger partial charge in [-0.1, -0.05) is 24.3 Å². The van der Waals surface area contributed by atoms with Crippen LogP contribution in [0.15, 0.2) is 24.3 Å². The van der Waals surface area contributed by atoms with Crippen LogP contribution in [-0.4, -0.2) is 13.2 Å². The largest absolute Gasteiger partial charge is 0.378 e. The highest BCUT2D eigenvalue weighted by atomic mass is 16.5. The third-order valence-electron chi connectivity index (χ3n) is 5.59. The quantitative estimate of drug-likeness (QED) is 0.446. The molecule has 0 radical (unpaired) electrons. The van der Waals surface area contributed by atoms with Crippen LogP contribution in [0.1, 0.15) is 65.2 Å². The number of rotatable bonds is 6. The van der Waals surface area contributed by atoms with Gasteiger partial charge < -0.3 is 4.74 Å². The van der Waals surface area contributed by atoms with Crippen molar-refractivity contribution in [1.29, 1.82) is 0 Å². The van der Waals surface area contributed by atoms with Crippen LogP contribution in [0.2, 0.25) is 0 Å². The van der Waals surface area contributed by atoms with Crippen LogP contribution in [0, 0.1) is 23.7 Å². The Hall–Kier alpha value is -0.560. The molecule has 0 atom stereocenters. The van der Waals surface area contributed by atoms with E-state index in [-0.39, 0.29) is 0 Å². The monoisotopic (exact) mass is 290 g/mol. The Balaban J connectivity index is 1.66. The summed E-state index contributed by atoms with van der Waals surface area (Å²) in [6, 6.07) is 0. The first-order chi connectivity index (χ1) is 10.3. The number of ether oxygens (including phenoxy) is 1. The minimum absolute atomic E-state index is 0.797. The molecule has 0 aromatic heterocycles. The van der Waals surface area contributed by atoms with E-state index in [0.29, 0.717) is 0 Å². The second kappa shape index (κ2) is 9.46. The molecule has 2 aliphatic carbocycles. The smallest absolute Gasteiger partial charge is 0.0647 e. The molecular formula is C20H34O. The van der Waals surface area contributed by atoms with Crippen molar-refractivity contribution >= 4 is 0 Å². The standard InChI is InChI=1S/C20H34O/c1-3-6-17-8-12-19(13-9-17)20-14-10-18(11-15-20)7-5-16-21-4-2/h3,5-7,17-20H,4,8-16H2,1-2H3. The highest BCUT2D eigenvalue weighted by Gasteiger charge is 2.29. The summed E-state index contributed by atoms with van der Waals surface area (Å²) >= 11 is 0. The van der Waals surface area contributed by atoms with Gasteiger partial charge in [-0.2, -0.15) is 0 Å². The first kappa shape index (κ1) is 16.8. The molecular weight excluding hydrogens is 256 g/mol. The summed E-state index contributed by atoms with van der Waals surface area (Å²) in [4.78, 5) is 0. The van der Waals surface area contributed by atoms with E-state index in [4.69, 9.17) is 4.74 Å². The van der Waals surface area contributed by atoms with Crippen LogP contribution in [0.5, 0.6) is 0 Å². The summed E-state index contributed by atoms with van der Waals surface area (Å²) < 4.78 is 5.38. The minimum Gasteiger partial charge on any atom is -0.378 e. The van der Waals surface area contributed by atoms with E-state index in [1.165, 1.54) is 51.4 Å². The van der Waals surface area contributed by atoms with Gasteiger partial charge in [-0.05, 0) is 88.9 Å². The van der Waals surface area contributed by atoms with E-state index >= 15 is 0 Å². The molecule has 0 spiro atoms. The molecule has 1 nitrogen and oxygen atoms in total. The molecule has 0 heterocycles. The first-order valence-electron chi connectivity index (χ1n) is 9.20. The summed E-state index contributed by atoms with van der Waals surface area (Å²) in [5.74, 6) is 3.75. The zero-order valence-electron chi connectivity index (χ0n) is 14.1. The van der Waals surface area contributed by atoms with Crippen molar-refractivity contribution in [2.45, 2.75) is 65.2 Å². The van der Waals surface area contributed by atoms with Gasteiger partial charge in [0.15, 0.2) is 0 Å². The topological polar surface area (TPSA) is 9.23 Å². The lowest BCUT2D eigenvalue weighted by Crippen LogP contribution is -2.25. The van der Waals surface area contributed by atoms with E-state index in [0.717, 1.165) is 36.9 Å². The molecule has 0 N–H and O–H groups in total. The normalized spacial score (nSPS) is 34.8. The van der Waals surface area contributed by atoms with Gasteiger partial charge in [0.2, 0.25) is 0 Å². The average molecular weight is 290 g/mol. The maximum atomic E-state index is 5.38. The molecule has 2 saturated carbocycles. The molecule has 2 fully saturated rings. The fourth-order valence-electron chi connectivity index (χ4n) is 4.32. The third-order valence-corrected chi connectivity index (χ3v) is 5.59. The maximum Gasteiger partial charge on any atom is 0.0647 e. The molecule has 0 aliphatic heterocycles. The summed E-state index contributed by atoms with van der Waals surface area (Å²) in [6.45, 7) is 5.84. The predicted octanol–water partition coefficient (Wildman–Crippen LogP) is 5.77. The lowest BCUT2D eigenvalue weighted by atomic mass is 9.69. The summed E-state index contributed by atoms with van der Waals surface area (Å²) in [5, 5.41) is 0. The Kier molecular flexibility index (Phi) is 7.57. The van der Waals surface area contributed by atoms with Gasteiger partial charge in [-0.25, -0.2) is 0 Å². The fourth-order valence-corrected chi connectivity index (χ4v) is 4.32. The molecule has 0 aromatic carbocycles. The first-order valence-corrected chi connectivity index (χ1v) is 9.20. The molecule has 21 heavy (non-hydrogen) atoms. The number of hydrogen-bond acceptors (Lipinski definition) is 1. The molecule has 0 saturated heterocycles. The lowest BCUT2D eigenvalue weighted by molar-refractivity contribution is 0.164. The van der Waals surface area contributed by atoms with E-state index in [1.807, 2.05) is 0 Å². The van der Waals surface area contributed by atoms with E-state index in [1.54, 1.807) is 0 Å². The van der Waals surface area contributed by atoms with Crippen molar-refractivity contribution in [1.82, 2.24) is 0 Å². The molecule has 0 bridgehead atoms. The maximum absolute atomic E-state index is 5.38. The zero-order valence-corrected chi connectivity index (χ0v) is 14.1. The Labute approximate surface area is 131 Å². The van der Waals surface area contributed by atoms with Crippen LogP contribution >= 0.6 is 0 Å². The second-order valence-electron chi connectivity index (χ2n) is 6.96. The van der Waals surface area contributed by atoms with E-state index < -0.39 is 0 Å². The molecule has 0 amide bonds. The van der Waals surface area contributed by atoms with Gasteiger partial charge in [0.05, 0.1) is 6.61 Å². The van der Waals surface area contributed by atoms with Crippen LogP contribution in [0.25, 0.3) is 0 Å². The van der Waals surface area contributed by atoms with E-state index in [9.17, 15) is 0 Å². The molecule has 0 aromatic rings. The van der Waals surface area contributed by atoms with Crippen LogP contribution in [-0.2, 0) is 4.74 Å². The van der Waals surface area contributed by atoms with Crippen molar-refractivity contribution < 1.29 is 4.74 Å². The molecule has 0 unspecified atom stereocenters. The van der Waals surface area contributed by atoms with Gasteiger partial charge in [0.25, 0.3) is 0 Å². The van der Waals surface area contributed by atoms with Crippen molar-refractivity contribution in [2.24, 2.45) is 23.7 Å². The predicted molar refractivity (Wildman–Crippen MR) is 91.3 cm³/mol. The van der Waals surface area contributed by atoms with Gasteiger partial charge in [0, 0.05) is 6.61 Å². The molecule has 120 valence electrons. The van der Waals surface area contributed by atoms with E-state index in [2.05, 4.69) is 38.2 Å². The van der Waals surface area contributed by atoms with Gasteiger partial charge in [-0.3, -0.25) is 0 Å². The lowest BCUT2D eigenvalue weighted by Gasteiger charge is -2.36. The van der Waals surface area contributed by atoms with Crippen molar-refractivity contribution in [3.63, 3.8) is 0 Å². The second-order valence-corrected chi connectivity index (χ2v) is 6.96. The minimum atomic E-state index is 0.797. The molecule has 1 heteroatoms. The van der Waals surface area contributed by atoms with Crippen molar-refractivity contribution in [3.05, 3.63) is 24.3 Å². The zero-order chi connectivity index (χ0) is 14.9. The Bertz CT molecular complexity index is 315. The molecule has 2 aliphatic rings. The summed E-state index contributed by atoms with van der Waals surface area (Å²) in [5.41, 5.74) is 0. The van der Waals surface area contributed by atoms with Crippen LogP contribution < -0.4 is 0 Å². The van der Waals surface area contributed by atoms with Crippen LogP contribution in [0.3, 0.4) is 0 Å². The van der Waals surface area contributed by atoms with Gasteiger partial charge in [-0.15, -0.1) is 0 Å². The average Bonchev–Trinajstić information content (AvgIpc) is 2.53. The highest BCUT2D eigenvalue weighted by Crippen LogP contribution is 2.41. The van der Waals surface area contributed by atoms with Crippen molar-refractivity contribution in [2.75, 3.05) is 13.2 Å². The Morgan fingerprint density at radius 2 is 1.33 bits per heavy atom. The van der Waals surface area contributed by atoms with Crippen LogP contribution in [0.4, 0.5) is 0 Å². The van der Waals surface area contributed by atoms with Crippen molar-refractivity contribution in [3.8, 4) is 0 Å². The summed E-state index contributed by atoms with van der Waals surface area (Å²) in [7, 11) is 0.